The first-order chi connectivity index (χ1) is 15.2. The highest BCUT2D eigenvalue weighted by Crippen LogP contribution is 2.24. The summed E-state index contributed by atoms with van der Waals surface area (Å²) in [5.41, 5.74) is 2.26. The highest BCUT2D eigenvalue weighted by molar-refractivity contribution is 7.89. The molecule has 3 aromatic rings. The Morgan fingerprint density at radius 3 is 2.22 bits per heavy atom. The number of benzene rings is 3. The van der Waals surface area contributed by atoms with E-state index in [1.54, 1.807) is 43.4 Å². The fraction of sp³-hybridized carbons (Fsp3) is 0.167. The number of hydrogen-bond acceptors (Lipinski definition) is 4. The summed E-state index contributed by atoms with van der Waals surface area (Å²) < 4.78 is 26.4. The SMILES string of the molecule is CNS(=O)(=O)c1cccc(C(=O)N(C)C(C)c2cccc(NC(=O)c3ccccc3)c2)c1. The highest BCUT2D eigenvalue weighted by atomic mass is 32.2. The lowest BCUT2D eigenvalue weighted by Gasteiger charge is -2.26. The van der Waals surface area contributed by atoms with Crippen molar-refractivity contribution in [1.82, 2.24) is 9.62 Å². The van der Waals surface area contributed by atoms with Crippen LogP contribution < -0.4 is 10.0 Å². The van der Waals surface area contributed by atoms with Gasteiger partial charge in [0.15, 0.2) is 0 Å². The third-order valence-corrected chi connectivity index (χ3v) is 6.64. The van der Waals surface area contributed by atoms with Crippen molar-refractivity contribution in [2.45, 2.75) is 17.9 Å². The molecule has 0 fully saturated rings. The second-order valence-electron chi connectivity index (χ2n) is 7.27. The largest absolute Gasteiger partial charge is 0.335 e. The minimum absolute atomic E-state index is 0.0255. The quantitative estimate of drug-likeness (QED) is 0.573. The molecule has 0 saturated carbocycles. The molecule has 166 valence electrons. The summed E-state index contributed by atoms with van der Waals surface area (Å²) >= 11 is 0. The highest BCUT2D eigenvalue weighted by Gasteiger charge is 2.21. The molecule has 3 aromatic carbocycles. The van der Waals surface area contributed by atoms with Gasteiger partial charge in [-0.2, -0.15) is 0 Å². The predicted octanol–water partition coefficient (Wildman–Crippen LogP) is 3.68. The maximum Gasteiger partial charge on any atom is 0.255 e. The van der Waals surface area contributed by atoms with Gasteiger partial charge in [-0.15, -0.1) is 0 Å². The van der Waals surface area contributed by atoms with Gasteiger partial charge in [-0.3, -0.25) is 9.59 Å². The molecular formula is C24H25N3O4S. The molecule has 0 radical (unpaired) electrons. The zero-order chi connectivity index (χ0) is 23.3. The van der Waals surface area contributed by atoms with E-state index >= 15 is 0 Å². The van der Waals surface area contributed by atoms with Crippen LogP contribution in [0.15, 0.2) is 83.8 Å². The number of sulfonamides is 1. The lowest BCUT2D eigenvalue weighted by molar-refractivity contribution is 0.0742. The maximum absolute atomic E-state index is 13.0. The first kappa shape index (κ1) is 23.2. The third-order valence-electron chi connectivity index (χ3n) is 5.22. The van der Waals surface area contributed by atoms with Crippen molar-refractivity contribution in [3.63, 3.8) is 0 Å². The Bertz CT molecular complexity index is 1230. The summed E-state index contributed by atoms with van der Waals surface area (Å²) in [7, 11) is -0.678. The van der Waals surface area contributed by atoms with Crippen LogP contribution in [-0.2, 0) is 10.0 Å². The fourth-order valence-corrected chi connectivity index (χ4v) is 3.96. The Morgan fingerprint density at radius 1 is 0.875 bits per heavy atom. The second kappa shape index (κ2) is 9.76. The number of anilines is 1. The minimum atomic E-state index is -3.65. The van der Waals surface area contributed by atoms with E-state index in [0.29, 0.717) is 11.3 Å². The Kier molecular flexibility index (Phi) is 7.07. The van der Waals surface area contributed by atoms with Gasteiger partial charge < -0.3 is 10.2 Å². The van der Waals surface area contributed by atoms with Crippen LogP contribution in [0.25, 0.3) is 0 Å². The summed E-state index contributed by atoms with van der Waals surface area (Å²) in [6.45, 7) is 1.87. The molecule has 1 atom stereocenters. The molecule has 2 amide bonds. The van der Waals surface area contributed by atoms with Gasteiger partial charge in [0.1, 0.15) is 0 Å². The van der Waals surface area contributed by atoms with Gasteiger partial charge in [0.25, 0.3) is 11.8 Å². The van der Waals surface area contributed by atoms with Gasteiger partial charge in [-0.25, -0.2) is 13.1 Å². The molecule has 0 aliphatic heterocycles. The van der Waals surface area contributed by atoms with Gasteiger partial charge >= 0.3 is 0 Å². The van der Waals surface area contributed by atoms with E-state index in [1.807, 2.05) is 31.2 Å². The van der Waals surface area contributed by atoms with E-state index in [1.165, 1.54) is 30.1 Å². The van der Waals surface area contributed by atoms with Gasteiger partial charge in [0.05, 0.1) is 10.9 Å². The summed E-state index contributed by atoms with van der Waals surface area (Å²) in [5, 5.41) is 2.87. The first-order valence-electron chi connectivity index (χ1n) is 10.00. The van der Waals surface area contributed by atoms with Crippen molar-refractivity contribution >= 4 is 27.5 Å². The molecule has 0 saturated heterocycles. The Hall–Kier alpha value is -3.49. The van der Waals surface area contributed by atoms with Gasteiger partial charge in [-0.05, 0) is 62.0 Å². The topological polar surface area (TPSA) is 95.6 Å². The number of carbonyl (C=O) groups is 2. The Labute approximate surface area is 188 Å². The van der Waals surface area contributed by atoms with Crippen LogP contribution >= 0.6 is 0 Å². The summed E-state index contributed by atoms with van der Waals surface area (Å²) in [6.07, 6.45) is 0. The Morgan fingerprint density at radius 2 is 1.53 bits per heavy atom. The van der Waals surface area contributed by atoms with Crippen LogP contribution in [0.2, 0.25) is 0 Å². The summed E-state index contributed by atoms with van der Waals surface area (Å²) in [5.74, 6) is -0.535. The molecule has 7 nitrogen and oxygen atoms in total. The monoisotopic (exact) mass is 451 g/mol. The van der Waals surface area contributed by atoms with E-state index in [2.05, 4.69) is 10.0 Å². The minimum Gasteiger partial charge on any atom is -0.335 e. The van der Waals surface area contributed by atoms with Crippen LogP contribution in [-0.4, -0.2) is 39.2 Å². The van der Waals surface area contributed by atoms with Gasteiger partial charge in [0.2, 0.25) is 10.0 Å². The lowest BCUT2D eigenvalue weighted by atomic mass is 10.1. The number of carbonyl (C=O) groups excluding carboxylic acids is 2. The van der Waals surface area contributed by atoms with Crippen molar-refractivity contribution in [3.8, 4) is 0 Å². The number of amides is 2. The maximum atomic E-state index is 13.0. The van der Waals surface area contributed by atoms with Crippen molar-refractivity contribution in [1.29, 1.82) is 0 Å². The van der Waals surface area contributed by atoms with Crippen LogP contribution in [0.4, 0.5) is 5.69 Å². The molecule has 0 spiro atoms. The average Bonchev–Trinajstić information content (AvgIpc) is 2.83. The van der Waals surface area contributed by atoms with E-state index in [0.717, 1.165) is 5.56 Å². The third kappa shape index (κ3) is 5.22. The second-order valence-corrected chi connectivity index (χ2v) is 9.16. The molecule has 0 aromatic heterocycles. The molecule has 0 bridgehead atoms. The van der Waals surface area contributed by atoms with Crippen molar-refractivity contribution in [3.05, 3.63) is 95.6 Å². The molecule has 32 heavy (non-hydrogen) atoms. The lowest BCUT2D eigenvalue weighted by Crippen LogP contribution is -2.30. The summed E-state index contributed by atoms with van der Waals surface area (Å²) in [4.78, 5) is 27.0. The van der Waals surface area contributed by atoms with Crippen molar-refractivity contribution in [2.24, 2.45) is 0 Å². The van der Waals surface area contributed by atoms with E-state index in [4.69, 9.17) is 0 Å². The average molecular weight is 452 g/mol. The van der Waals surface area contributed by atoms with Crippen LogP contribution in [0, 0.1) is 0 Å². The number of rotatable bonds is 7. The molecule has 2 N–H and O–H groups in total. The molecule has 0 aliphatic rings. The van der Waals surface area contributed by atoms with E-state index in [9.17, 15) is 18.0 Å². The van der Waals surface area contributed by atoms with Crippen LogP contribution in [0.3, 0.4) is 0 Å². The molecule has 8 heteroatoms. The smallest absolute Gasteiger partial charge is 0.255 e. The van der Waals surface area contributed by atoms with Crippen LogP contribution in [0.5, 0.6) is 0 Å². The van der Waals surface area contributed by atoms with Crippen LogP contribution in [0.1, 0.15) is 39.2 Å². The number of hydrogen-bond donors (Lipinski definition) is 2. The summed E-state index contributed by atoms with van der Waals surface area (Å²) in [6, 6.07) is 21.8. The molecular weight excluding hydrogens is 426 g/mol. The first-order valence-corrected chi connectivity index (χ1v) is 11.5. The van der Waals surface area contributed by atoms with E-state index < -0.39 is 10.0 Å². The zero-order valence-corrected chi connectivity index (χ0v) is 18.9. The Balaban J connectivity index is 1.78. The zero-order valence-electron chi connectivity index (χ0n) is 18.1. The standard InChI is InChI=1S/C24H25N3O4S/c1-17(27(3)24(29)20-12-8-14-22(16-20)32(30,31)25-2)19-11-7-13-21(15-19)26-23(28)18-9-5-4-6-10-18/h4-17,25H,1-3H3,(H,26,28). The van der Waals surface area contributed by atoms with Crippen molar-refractivity contribution < 1.29 is 18.0 Å². The predicted molar refractivity (Wildman–Crippen MR) is 124 cm³/mol. The number of nitrogens with one attached hydrogen (secondary N) is 2. The fourth-order valence-electron chi connectivity index (χ4n) is 3.19. The molecule has 1 unspecified atom stereocenters. The molecule has 0 aliphatic carbocycles. The normalized spacial score (nSPS) is 12.1. The van der Waals surface area contributed by atoms with Crippen molar-refractivity contribution in [2.75, 3.05) is 19.4 Å². The molecule has 0 heterocycles. The number of nitrogens with zero attached hydrogens (tertiary/aromatic N) is 1. The van der Waals surface area contributed by atoms with E-state index in [-0.39, 0.29) is 28.3 Å². The molecule has 3 rings (SSSR count). The van der Waals surface area contributed by atoms with Gasteiger partial charge in [0, 0.05) is 23.9 Å². The van der Waals surface area contributed by atoms with Gasteiger partial charge in [-0.1, -0.05) is 36.4 Å².